The molecule has 7 heteroatoms. The third-order valence-electron chi connectivity index (χ3n) is 4.09. The molecule has 1 amide bonds. The molecule has 0 fully saturated rings. The van der Waals surface area contributed by atoms with E-state index in [1.54, 1.807) is 48.5 Å². The van der Waals surface area contributed by atoms with E-state index in [4.69, 9.17) is 9.47 Å². The van der Waals surface area contributed by atoms with Crippen LogP contribution < -0.4 is 14.8 Å². The summed E-state index contributed by atoms with van der Waals surface area (Å²) in [6.45, 7) is 0. The van der Waals surface area contributed by atoms with Gasteiger partial charge in [0.1, 0.15) is 22.9 Å². The average molecular weight is 515 g/mol. The third kappa shape index (κ3) is 5.60. The van der Waals surface area contributed by atoms with Crippen molar-refractivity contribution in [1.29, 1.82) is 0 Å². The van der Waals surface area contributed by atoms with E-state index >= 15 is 0 Å². The number of amides is 1. The monoisotopic (exact) mass is 515 g/mol. The minimum absolute atomic E-state index is 0.234. The fourth-order valence-corrected chi connectivity index (χ4v) is 3.04. The lowest BCUT2D eigenvalue weighted by atomic mass is 10.1. The van der Waals surface area contributed by atoms with Gasteiger partial charge in [0.25, 0.3) is 5.91 Å². The summed E-state index contributed by atoms with van der Waals surface area (Å²) in [5.74, 6) is 0.198. The third-order valence-corrected chi connectivity index (χ3v) is 4.98. The van der Waals surface area contributed by atoms with Crippen molar-refractivity contribution in [3.63, 3.8) is 0 Å². The van der Waals surface area contributed by atoms with Crippen LogP contribution in [0.4, 0.5) is 0 Å². The number of carboxylic acids is 1. The number of para-hydroxylation sites is 1. The molecule has 0 aromatic heterocycles. The van der Waals surface area contributed by atoms with Crippen molar-refractivity contribution in [3.05, 3.63) is 93.2 Å². The molecule has 3 aromatic carbocycles. The maximum atomic E-state index is 12.4. The van der Waals surface area contributed by atoms with E-state index in [0.717, 1.165) is 9.32 Å². The topological polar surface area (TPSA) is 84.9 Å². The summed E-state index contributed by atoms with van der Waals surface area (Å²) in [5, 5.41) is 11.9. The zero-order valence-electron chi connectivity index (χ0n) is 16.0. The molecule has 0 aliphatic heterocycles. The van der Waals surface area contributed by atoms with E-state index < -0.39 is 11.9 Å². The lowest BCUT2D eigenvalue weighted by Crippen LogP contribution is -2.27. The Balaban J connectivity index is 1.73. The van der Waals surface area contributed by atoms with Gasteiger partial charge in [0.15, 0.2) is 0 Å². The first-order valence-corrected chi connectivity index (χ1v) is 9.97. The average Bonchev–Trinajstić information content (AvgIpc) is 2.76. The molecule has 0 heterocycles. The fraction of sp³-hybridized carbons (Fsp3) is 0.0435. The maximum absolute atomic E-state index is 12.4. The highest BCUT2D eigenvalue weighted by Gasteiger charge is 2.13. The van der Waals surface area contributed by atoms with Crippen LogP contribution in [-0.4, -0.2) is 24.1 Å². The molecule has 3 aromatic rings. The summed E-state index contributed by atoms with van der Waals surface area (Å²) in [4.78, 5) is 23.9. The summed E-state index contributed by atoms with van der Waals surface area (Å²) >= 11 is 2.19. The van der Waals surface area contributed by atoms with Gasteiger partial charge in [-0.15, -0.1) is 0 Å². The van der Waals surface area contributed by atoms with Crippen LogP contribution in [0.25, 0.3) is 6.08 Å². The molecule has 0 aliphatic carbocycles. The highest BCUT2D eigenvalue weighted by Crippen LogP contribution is 2.26. The molecule has 0 atom stereocenters. The Morgan fingerprint density at radius 1 is 0.933 bits per heavy atom. The van der Waals surface area contributed by atoms with Crippen LogP contribution in [-0.2, 0) is 4.79 Å². The van der Waals surface area contributed by atoms with Gasteiger partial charge in [-0.1, -0.05) is 24.3 Å². The van der Waals surface area contributed by atoms with Crippen LogP contribution in [0.15, 0.2) is 78.5 Å². The van der Waals surface area contributed by atoms with Crippen molar-refractivity contribution in [2.45, 2.75) is 0 Å². The number of carbonyl (C=O) groups excluding carboxylic acids is 1. The van der Waals surface area contributed by atoms with E-state index in [1.165, 1.54) is 13.2 Å². The molecule has 2 N–H and O–H groups in total. The van der Waals surface area contributed by atoms with Gasteiger partial charge in [-0.2, -0.15) is 0 Å². The van der Waals surface area contributed by atoms with Crippen molar-refractivity contribution in [3.8, 4) is 17.2 Å². The van der Waals surface area contributed by atoms with E-state index in [1.807, 2.05) is 24.3 Å². The second kappa shape index (κ2) is 9.93. The first kappa shape index (κ1) is 21.4. The van der Waals surface area contributed by atoms with E-state index in [-0.39, 0.29) is 5.70 Å². The fourth-order valence-electron chi connectivity index (χ4n) is 2.54. The molecule has 3 rings (SSSR count). The number of carboxylic acid groups (broad SMARTS) is 1. The number of methoxy groups -OCH3 is 1. The van der Waals surface area contributed by atoms with Crippen LogP contribution in [0.2, 0.25) is 0 Å². The molecule has 0 aliphatic rings. The van der Waals surface area contributed by atoms with Gasteiger partial charge in [0.05, 0.1) is 10.7 Å². The summed E-state index contributed by atoms with van der Waals surface area (Å²) in [6.07, 6.45) is 1.39. The number of carbonyl (C=O) groups is 2. The number of ether oxygens (including phenoxy) is 2. The molecule has 0 unspecified atom stereocenters. The zero-order valence-corrected chi connectivity index (χ0v) is 18.1. The van der Waals surface area contributed by atoms with Crippen LogP contribution >= 0.6 is 22.6 Å². The van der Waals surface area contributed by atoms with E-state index in [2.05, 4.69) is 27.9 Å². The van der Waals surface area contributed by atoms with E-state index in [9.17, 15) is 14.7 Å². The van der Waals surface area contributed by atoms with Crippen LogP contribution in [0.3, 0.4) is 0 Å². The number of rotatable bonds is 7. The molecule has 0 spiro atoms. The summed E-state index contributed by atoms with van der Waals surface area (Å²) in [7, 11) is 1.53. The first-order chi connectivity index (χ1) is 14.5. The first-order valence-electron chi connectivity index (χ1n) is 8.89. The molecule has 152 valence electrons. The van der Waals surface area contributed by atoms with Crippen molar-refractivity contribution in [2.75, 3.05) is 7.11 Å². The minimum atomic E-state index is -1.24. The quantitative estimate of drug-likeness (QED) is 0.344. The number of hydrogen-bond donors (Lipinski definition) is 2. The SMILES string of the molecule is COc1ccc(C(=O)NC(=Cc2ccc(Oc3ccccc3I)cc2)C(=O)O)cc1. The zero-order chi connectivity index (χ0) is 21.5. The maximum Gasteiger partial charge on any atom is 0.352 e. The Kier molecular flexibility index (Phi) is 7.08. The Bertz CT molecular complexity index is 1080. The molecular formula is C23H18INO5. The standard InChI is InChI=1S/C23H18INO5/c1-29-17-12-8-16(9-13-17)22(26)25-20(23(27)28)14-15-6-10-18(11-7-15)30-21-5-3-2-4-19(21)24/h2-14H,1H3,(H,25,26)(H,27,28). The molecule has 0 saturated carbocycles. The number of nitrogens with one attached hydrogen (secondary N) is 1. The molecule has 6 nitrogen and oxygen atoms in total. The van der Waals surface area contributed by atoms with Crippen molar-refractivity contribution < 1.29 is 24.2 Å². The minimum Gasteiger partial charge on any atom is -0.497 e. The van der Waals surface area contributed by atoms with Gasteiger partial charge < -0.3 is 19.9 Å². The molecule has 0 saturated heterocycles. The molecular weight excluding hydrogens is 497 g/mol. The van der Waals surface area contributed by atoms with Crippen molar-refractivity contribution >= 4 is 40.5 Å². The smallest absolute Gasteiger partial charge is 0.352 e. The number of aliphatic carboxylic acids is 1. The summed E-state index contributed by atoms with van der Waals surface area (Å²) < 4.78 is 11.9. The van der Waals surface area contributed by atoms with Crippen molar-refractivity contribution in [1.82, 2.24) is 5.32 Å². The molecule has 0 bridgehead atoms. The van der Waals surface area contributed by atoms with Gasteiger partial charge in [-0.3, -0.25) is 4.79 Å². The van der Waals surface area contributed by atoms with Crippen molar-refractivity contribution in [2.24, 2.45) is 0 Å². The van der Waals surface area contributed by atoms with Gasteiger partial charge in [0.2, 0.25) is 0 Å². The highest BCUT2D eigenvalue weighted by molar-refractivity contribution is 14.1. The highest BCUT2D eigenvalue weighted by atomic mass is 127. The lowest BCUT2D eigenvalue weighted by molar-refractivity contribution is -0.132. The second-order valence-electron chi connectivity index (χ2n) is 6.15. The van der Waals surface area contributed by atoms with Gasteiger partial charge in [-0.05, 0) is 82.8 Å². The molecule has 30 heavy (non-hydrogen) atoms. The van der Waals surface area contributed by atoms with Crippen LogP contribution in [0, 0.1) is 3.57 Å². The Morgan fingerprint density at radius 3 is 2.17 bits per heavy atom. The van der Waals surface area contributed by atoms with Gasteiger partial charge in [0, 0.05) is 5.56 Å². The summed E-state index contributed by atoms with van der Waals surface area (Å²) in [6, 6.07) is 20.9. The number of hydrogen-bond acceptors (Lipinski definition) is 4. The van der Waals surface area contributed by atoms with Gasteiger partial charge in [-0.25, -0.2) is 4.79 Å². The van der Waals surface area contributed by atoms with Crippen LogP contribution in [0.1, 0.15) is 15.9 Å². The predicted molar refractivity (Wildman–Crippen MR) is 122 cm³/mol. The normalized spacial score (nSPS) is 10.9. The van der Waals surface area contributed by atoms with Gasteiger partial charge >= 0.3 is 5.97 Å². The predicted octanol–water partition coefficient (Wildman–Crippen LogP) is 4.95. The second-order valence-corrected chi connectivity index (χ2v) is 7.31. The van der Waals surface area contributed by atoms with Crippen LogP contribution in [0.5, 0.6) is 17.2 Å². The summed E-state index contributed by atoms with van der Waals surface area (Å²) in [5.41, 5.74) is 0.698. The Hall–Kier alpha value is -3.33. The Morgan fingerprint density at radius 2 is 1.57 bits per heavy atom. The Labute approximate surface area is 187 Å². The largest absolute Gasteiger partial charge is 0.497 e. The number of benzene rings is 3. The lowest BCUT2D eigenvalue weighted by Gasteiger charge is -2.09. The number of halogens is 1. The van der Waals surface area contributed by atoms with E-state index in [0.29, 0.717) is 22.6 Å². The molecule has 0 radical (unpaired) electrons.